The molecule has 0 saturated heterocycles. The molecule has 0 radical (unpaired) electrons. The van der Waals surface area contributed by atoms with Crippen LogP contribution in [0.4, 0.5) is 0 Å². The van der Waals surface area contributed by atoms with Crippen molar-refractivity contribution in [3.63, 3.8) is 0 Å². The van der Waals surface area contributed by atoms with Crippen LogP contribution in [0.3, 0.4) is 0 Å². The Labute approximate surface area is 81.9 Å². The van der Waals surface area contributed by atoms with Gasteiger partial charge >= 0.3 is 20.4 Å². The van der Waals surface area contributed by atoms with Crippen molar-refractivity contribution < 1.29 is 0 Å². The van der Waals surface area contributed by atoms with Gasteiger partial charge in [0.2, 0.25) is 0 Å². The van der Waals surface area contributed by atoms with E-state index in [1.54, 1.807) is 0 Å². The summed E-state index contributed by atoms with van der Waals surface area (Å²) in [4.78, 5) is 0. The number of hydrogen-bond donors (Lipinski definition) is 0. The lowest BCUT2D eigenvalue weighted by molar-refractivity contribution is 0.570. The average molecular weight is 167 g/mol. The molecule has 0 unspecified atom stereocenters. The molecule has 0 aromatic carbocycles. The Hall–Kier alpha value is 0.766. The molecule has 0 aliphatic heterocycles. The lowest BCUT2D eigenvalue weighted by Crippen LogP contribution is -2.22. The van der Waals surface area contributed by atoms with Gasteiger partial charge in [-0.1, -0.05) is 54.4 Å². The summed E-state index contributed by atoms with van der Waals surface area (Å²) in [6.45, 7) is 14.3. The van der Waals surface area contributed by atoms with E-state index in [-0.39, 0.29) is 20.4 Å². The van der Waals surface area contributed by atoms with E-state index in [4.69, 9.17) is 0 Å². The van der Waals surface area contributed by atoms with Crippen LogP contribution in [0.2, 0.25) is 7.09 Å². The summed E-state index contributed by atoms with van der Waals surface area (Å²) in [5.41, 5.74) is 0. The second kappa shape index (κ2) is 4.13. The van der Waals surface area contributed by atoms with Crippen molar-refractivity contribution in [3.05, 3.63) is 0 Å². The summed E-state index contributed by atoms with van der Waals surface area (Å²) in [5.74, 6) is 0. The van der Waals surface area contributed by atoms with Gasteiger partial charge in [0.25, 0.3) is 0 Å². The molecule has 1 heteroatoms. The van der Waals surface area contributed by atoms with Crippen LogP contribution in [0.5, 0.6) is 0 Å². The van der Waals surface area contributed by atoms with Gasteiger partial charge in [0.1, 0.15) is 0 Å². The molecule has 0 atom stereocenters. The third-order valence-electron chi connectivity index (χ3n) is 2.87. The second-order valence-electron chi connectivity index (χ2n) is 5.21. The second-order valence-corrected chi connectivity index (χ2v) is 9.39. The fourth-order valence-electron chi connectivity index (χ4n) is 1.55. The summed E-state index contributed by atoms with van der Waals surface area (Å²) in [7, 11) is 0. The van der Waals surface area contributed by atoms with Gasteiger partial charge in [-0.3, -0.25) is 0 Å². The van der Waals surface area contributed by atoms with Crippen molar-refractivity contribution in [1.29, 1.82) is 0 Å². The highest BCUT2D eigenvalue weighted by molar-refractivity contribution is 6.43. The Morgan fingerprint density at radius 2 is 1.09 bits per heavy atom. The van der Waals surface area contributed by atoms with Crippen LogP contribution in [0.1, 0.15) is 54.4 Å². The zero-order chi connectivity index (χ0) is 9.12. The van der Waals surface area contributed by atoms with E-state index < -0.39 is 0 Å². The van der Waals surface area contributed by atoms with Crippen LogP contribution in [0.15, 0.2) is 0 Å². The van der Waals surface area contributed by atoms with Crippen molar-refractivity contribution >= 4 is 20.4 Å². The van der Waals surface area contributed by atoms with Gasteiger partial charge < -0.3 is 0 Å². The third kappa shape index (κ3) is 5.08. The fourth-order valence-corrected chi connectivity index (χ4v) is 4.64. The lowest BCUT2D eigenvalue weighted by Gasteiger charge is -2.32. The molecule has 0 aliphatic carbocycles. The third-order valence-corrected chi connectivity index (χ3v) is 5.79. The molecule has 0 aromatic rings. The first kappa shape index (κ1) is 11.8. The Morgan fingerprint density at radius 3 is 1.27 bits per heavy atom. The summed E-state index contributed by atoms with van der Waals surface area (Å²) in [6, 6.07) is 0. The zero-order valence-electron chi connectivity index (χ0n) is 9.12. The van der Waals surface area contributed by atoms with E-state index in [1.165, 1.54) is 12.8 Å². The highest BCUT2D eigenvalue weighted by Crippen LogP contribution is 2.39. The Kier molecular flexibility index (Phi) is 4.42. The molecule has 0 aromatic heterocycles. The van der Waals surface area contributed by atoms with E-state index in [1.807, 2.05) is 0 Å². The Balaban J connectivity index is 4.02. The maximum absolute atomic E-state index is 2.43. The molecule has 0 aliphatic rings. The molecular formula is C10H22Mg. The maximum atomic E-state index is 2.43. The first-order valence-corrected chi connectivity index (χ1v) is 6.24. The van der Waals surface area contributed by atoms with Crippen LogP contribution in [0, 0.1) is 0 Å². The van der Waals surface area contributed by atoms with Crippen molar-refractivity contribution in [2.24, 2.45) is 0 Å². The minimum atomic E-state index is 0.0671. The molecule has 64 valence electrons. The maximum Gasteiger partial charge on any atom is 0.381 e. The number of hydrogen-bond acceptors (Lipinski definition) is 0. The Bertz CT molecular complexity index is 100. The van der Waals surface area contributed by atoms with Crippen molar-refractivity contribution in [2.45, 2.75) is 61.5 Å². The molecule has 0 fully saturated rings. The molecule has 0 heterocycles. The molecule has 0 amide bonds. The molecule has 0 rings (SSSR count). The van der Waals surface area contributed by atoms with Gasteiger partial charge in [-0.2, -0.15) is 0 Å². The summed E-state index contributed by atoms with van der Waals surface area (Å²) >= 11 is 0.0671. The van der Waals surface area contributed by atoms with Crippen LogP contribution in [-0.2, 0) is 0 Å². The van der Waals surface area contributed by atoms with Crippen molar-refractivity contribution in [3.8, 4) is 0 Å². The molecule has 0 N–H and O–H groups in total. The van der Waals surface area contributed by atoms with Crippen molar-refractivity contribution in [1.82, 2.24) is 0 Å². The van der Waals surface area contributed by atoms with Gasteiger partial charge in [0.05, 0.1) is 0 Å². The largest absolute Gasteiger partial charge is 0.381 e. The summed E-state index contributed by atoms with van der Waals surface area (Å²) in [6.07, 6.45) is 2.70. The standard InChI is InChI=1S/2C5H11.Mg/c2*1-4-5(2)3;/h2*4H2,1-3H3;. The molecule has 11 heavy (non-hydrogen) atoms. The smallest absolute Gasteiger partial charge is 0.129 e. The van der Waals surface area contributed by atoms with E-state index >= 15 is 0 Å². The van der Waals surface area contributed by atoms with Gasteiger partial charge in [-0.15, -0.1) is 7.09 Å². The molecular weight excluding hydrogens is 144 g/mol. The molecule has 0 saturated carbocycles. The molecule has 0 spiro atoms. The van der Waals surface area contributed by atoms with Crippen LogP contribution >= 0.6 is 0 Å². The summed E-state index contributed by atoms with van der Waals surface area (Å²) < 4.78 is 1.33. The topological polar surface area (TPSA) is 0 Å². The highest BCUT2D eigenvalue weighted by atomic mass is 24.5. The van der Waals surface area contributed by atoms with Crippen LogP contribution in [0.25, 0.3) is 0 Å². The van der Waals surface area contributed by atoms with E-state index in [0.29, 0.717) is 7.09 Å². The van der Waals surface area contributed by atoms with Crippen molar-refractivity contribution in [2.75, 3.05) is 0 Å². The van der Waals surface area contributed by atoms with Gasteiger partial charge in [0.15, 0.2) is 0 Å². The SMILES string of the molecule is CC[C](C)(C)[Mg][C](C)(C)CC. The first-order chi connectivity index (χ1) is 4.83. The first-order valence-electron chi connectivity index (χ1n) is 4.83. The van der Waals surface area contributed by atoms with Gasteiger partial charge in [-0.25, -0.2) is 0 Å². The predicted octanol–water partition coefficient (Wildman–Crippen LogP) is 3.91. The molecule has 0 bridgehead atoms. The number of rotatable bonds is 4. The minimum Gasteiger partial charge on any atom is -0.129 e. The monoisotopic (exact) mass is 166 g/mol. The van der Waals surface area contributed by atoms with Gasteiger partial charge in [-0.05, 0) is 0 Å². The summed E-state index contributed by atoms with van der Waals surface area (Å²) in [5, 5.41) is 0. The normalized spacial score (nSPS) is 12.9. The minimum absolute atomic E-state index is 0.0671. The van der Waals surface area contributed by atoms with Gasteiger partial charge in [0, 0.05) is 0 Å². The van der Waals surface area contributed by atoms with Crippen LogP contribution in [-0.4, -0.2) is 20.4 Å². The lowest BCUT2D eigenvalue weighted by atomic mass is 10.1. The quantitative estimate of drug-likeness (QED) is 0.556. The zero-order valence-corrected chi connectivity index (χ0v) is 10.5. The fraction of sp³-hybridized carbons (Fsp3) is 1.00. The Morgan fingerprint density at radius 1 is 0.818 bits per heavy atom. The average Bonchev–Trinajstić information content (AvgIpc) is 1.86. The van der Waals surface area contributed by atoms with E-state index in [9.17, 15) is 0 Å². The van der Waals surface area contributed by atoms with Crippen LogP contribution < -0.4 is 0 Å². The predicted molar refractivity (Wildman–Crippen MR) is 54.4 cm³/mol. The van der Waals surface area contributed by atoms with E-state index in [0.717, 1.165) is 0 Å². The highest BCUT2D eigenvalue weighted by Gasteiger charge is 2.29. The molecule has 0 nitrogen and oxygen atoms in total. The van der Waals surface area contributed by atoms with E-state index in [2.05, 4.69) is 41.5 Å².